The van der Waals surface area contributed by atoms with Crippen LogP contribution in [0.5, 0.6) is 0 Å². The average Bonchev–Trinajstić information content (AvgIpc) is 3.12. The number of nitrogens with one attached hydrogen (secondary N) is 2. The third-order valence-electron chi connectivity index (χ3n) is 5.02. The van der Waals surface area contributed by atoms with Gasteiger partial charge in [0.05, 0.1) is 12.1 Å². The van der Waals surface area contributed by atoms with Gasteiger partial charge in [-0.15, -0.1) is 0 Å². The first-order valence-corrected chi connectivity index (χ1v) is 9.26. The number of hydrogen-bond acceptors (Lipinski definition) is 3. The highest BCUT2D eigenvalue weighted by Crippen LogP contribution is 2.38. The van der Waals surface area contributed by atoms with Crippen molar-refractivity contribution in [2.75, 3.05) is 10.6 Å². The number of fused-ring (bicyclic) bond motifs is 1. The number of benzene rings is 2. The molecule has 6 nitrogen and oxygen atoms in total. The average molecular weight is 374 g/mol. The molecule has 1 aliphatic rings. The van der Waals surface area contributed by atoms with E-state index in [-0.39, 0.29) is 18.2 Å². The summed E-state index contributed by atoms with van der Waals surface area (Å²) in [4.78, 5) is 25.1. The molecule has 1 aromatic heterocycles. The maximum atomic E-state index is 12.6. The maximum Gasteiger partial charge on any atom is 0.251 e. The molecule has 2 aromatic carbocycles. The Kier molecular flexibility index (Phi) is 4.47. The quantitative estimate of drug-likeness (QED) is 0.725. The van der Waals surface area contributed by atoms with Gasteiger partial charge < -0.3 is 10.6 Å². The lowest BCUT2D eigenvalue weighted by molar-refractivity contribution is -0.123. The van der Waals surface area contributed by atoms with Gasteiger partial charge in [-0.25, -0.2) is 4.68 Å². The lowest BCUT2D eigenvalue weighted by Crippen LogP contribution is -2.24. The van der Waals surface area contributed by atoms with Crippen LogP contribution in [0.15, 0.2) is 48.5 Å². The van der Waals surface area contributed by atoms with Crippen molar-refractivity contribution in [2.24, 2.45) is 0 Å². The Balaban J connectivity index is 1.58. The van der Waals surface area contributed by atoms with E-state index >= 15 is 0 Å². The van der Waals surface area contributed by atoms with Crippen LogP contribution in [0.25, 0.3) is 11.1 Å². The van der Waals surface area contributed by atoms with E-state index in [2.05, 4.69) is 15.7 Å². The number of hydrogen-bond donors (Lipinski definition) is 2. The number of aromatic nitrogens is 2. The van der Waals surface area contributed by atoms with Gasteiger partial charge in [-0.05, 0) is 38.0 Å². The van der Waals surface area contributed by atoms with Gasteiger partial charge in [0.2, 0.25) is 5.91 Å². The van der Waals surface area contributed by atoms with Crippen molar-refractivity contribution < 1.29 is 9.59 Å². The molecule has 4 rings (SSSR count). The number of amides is 2. The van der Waals surface area contributed by atoms with Gasteiger partial charge in [0, 0.05) is 11.3 Å². The third-order valence-corrected chi connectivity index (χ3v) is 5.02. The lowest BCUT2D eigenvalue weighted by Gasteiger charge is -2.12. The Bertz CT molecular complexity index is 1070. The van der Waals surface area contributed by atoms with E-state index in [1.165, 1.54) is 0 Å². The molecular formula is C22H22N4O2. The highest BCUT2D eigenvalue weighted by Gasteiger charge is 2.36. The third kappa shape index (κ3) is 3.17. The summed E-state index contributed by atoms with van der Waals surface area (Å²) in [6.45, 7) is 5.87. The summed E-state index contributed by atoms with van der Waals surface area (Å²) in [7, 11) is 0. The van der Waals surface area contributed by atoms with Crippen molar-refractivity contribution in [3.05, 3.63) is 65.4 Å². The van der Waals surface area contributed by atoms with Crippen molar-refractivity contribution in [3.8, 4) is 11.1 Å². The highest BCUT2D eigenvalue weighted by atomic mass is 16.2. The number of nitrogens with zero attached hydrogens (tertiary/aromatic N) is 2. The predicted octanol–water partition coefficient (Wildman–Crippen LogP) is 4.00. The molecule has 2 heterocycles. The SMILES string of the molecule is Cc1ccc(NC(=O)CC2C(=O)Nc3c(-c4ccccc4)c(C)nn32)c(C)c1. The Morgan fingerprint density at radius 2 is 1.89 bits per heavy atom. The minimum Gasteiger partial charge on any atom is -0.326 e. The molecule has 1 unspecified atom stereocenters. The largest absolute Gasteiger partial charge is 0.326 e. The van der Waals surface area contributed by atoms with Crippen LogP contribution in [0.2, 0.25) is 0 Å². The molecule has 0 saturated carbocycles. The predicted molar refractivity (Wildman–Crippen MR) is 109 cm³/mol. The first-order valence-electron chi connectivity index (χ1n) is 9.26. The van der Waals surface area contributed by atoms with Crippen molar-refractivity contribution in [3.63, 3.8) is 0 Å². The number of carbonyl (C=O) groups is 2. The van der Waals surface area contributed by atoms with E-state index in [0.29, 0.717) is 5.82 Å². The van der Waals surface area contributed by atoms with Crippen molar-refractivity contribution in [1.82, 2.24) is 9.78 Å². The Morgan fingerprint density at radius 1 is 1.14 bits per heavy atom. The second-order valence-corrected chi connectivity index (χ2v) is 7.20. The van der Waals surface area contributed by atoms with Crippen LogP contribution in [0.4, 0.5) is 11.5 Å². The molecule has 6 heteroatoms. The van der Waals surface area contributed by atoms with E-state index in [1.807, 2.05) is 69.3 Å². The standard InChI is InChI=1S/C22H22N4O2/c1-13-9-10-17(14(2)11-13)23-19(27)12-18-22(28)24-21-20(15(3)25-26(18)21)16-7-5-4-6-8-16/h4-11,18H,12H2,1-3H3,(H,23,27)(H,24,28). The molecule has 0 aliphatic carbocycles. The summed E-state index contributed by atoms with van der Waals surface area (Å²) in [5, 5.41) is 10.4. The van der Waals surface area contributed by atoms with Gasteiger partial charge in [-0.2, -0.15) is 5.10 Å². The molecule has 3 aromatic rings. The van der Waals surface area contributed by atoms with Crippen molar-refractivity contribution in [2.45, 2.75) is 33.2 Å². The minimum atomic E-state index is -0.656. The molecule has 2 amide bonds. The molecule has 0 fully saturated rings. The number of rotatable bonds is 4. The summed E-state index contributed by atoms with van der Waals surface area (Å²) in [5.41, 5.74) is 5.59. The van der Waals surface area contributed by atoms with Crippen LogP contribution in [0.1, 0.15) is 29.3 Å². The normalized spacial score (nSPS) is 15.2. The molecule has 0 radical (unpaired) electrons. The van der Waals surface area contributed by atoms with Gasteiger partial charge in [0.15, 0.2) is 0 Å². The van der Waals surface area contributed by atoms with E-state index in [0.717, 1.165) is 33.6 Å². The molecule has 0 saturated heterocycles. The molecule has 2 N–H and O–H groups in total. The molecular weight excluding hydrogens is 352 g/mol. The molecule has 1 atom stereocenters. The second kappa shape index (κ2) is 6.96. The highest BCUT2D eigenvalue weighted by molar-refractivity contribution is 6.04. The first-order chi connectivity index (χ1) is 13.4. The summed E-state index contributed by atoms with van der Waals surface area (Å²) >= 11 is 0. The van der Waals surface area contributed by atoms with Crippen LogP contribution < -0.4 is 10.6 Å². The molecule has 1 aliphatic heterocycles. The van der Waals surface area contributed by atoms with Crippen LogP contribution in [-0.2, 0) is 9.59 Å². The number of anilines is 2. The Hall–Kier alpha value is -3.41. The van der Waals surface area contributed by atoms with Crippen LogP contribution in [0.3, 0.4) is 0 Å². The van der Waals surface area contributed by atoms with Crippen LogP contribution >= 0.6 is 0 Å². The molecule has 0 spiro atoms. The first kappa shape index (κ1) is 18.0. The molecule has 0 bridgehead atoms. The fourth-order valence-corrected chi connectivity index (χ4v) is 3.66. The zero-order valence-electron chi connectivity index (χ0n) is 16.1. The van der Waals surface area contributed by atoms with Gasteiger partial charge in [0.1, 0.15) is 11.9 Å². The van der Waals surface area contributed by atoms with E-state index in [9.17, 15) is 9.59 Å². The van der Waals surface area contributed by atoms with Gasteiger partial charge in [-0.3, -0.25) is 9.59 Å². The van der Waals surface area contributed by atoms with Crippen molar-refractivity contribution >= 4 is 23.3 Å². The Labute approximate surface area is 163 Å². The van der Waals surface area contributed by atoms with E-state index < -0.39 is 6.04 Å². The van der Waals surface area contributed by atoms with Crippen LogP contribution in [-0.4, -0.2) is 21.6 Å². The zero-order valence-corrected chi connectivity index (χ0v) is 16.1. The maximum absolute atomic E-state index is 12.6. The van der Waals surface area contributed by atoms with E-state index in [1.54, 1.807) is 4.68 Å². The monoisotopic (exact) mass is 374 g/mol. The van der Waals surface area contributed by atoms with E-state index in [4.69, 9.17) is 0 Å². The topological polar surface area (TPSA) is 76.0 Å². The van der Waals surface area contributed by atoms with Gasteiger partial charge >= 0.3 is 0 Å². The summed E-state index contributed by atoms with van der Waals surface area (Å²) in [5.74, 6) is 0.225. The summed E-state index contributed by atoms with van der Waals surface area (Å²) < 4.78 is 1.64. The van der Waals surface area contributed by atoms with Gasteiger partial charge in [-0.1, -0.05) is 48.0 Å². The fraction of sp³-hybridized carbons (Fsp3) is 0.227. The molecule has 142 valence electrons. The number of carbonyl (C=O) groups excluding carboxylic acids is 2. The fourth-order valence-electron chi connectivity index (χ4n) is 3.66. The lowest BCUT2D eigenvalue weighted by atomic mass is 10.1. The number of aryl methyl sites for hydroxylation is 3. The Morgan fingerprint density at radius 3 is 2.61 bits per heavy atom. The van der Waals surface area contributed by atoms with Crippen molar-refractivity contribution in [1.29, 1.82) is 0 Å². The molecule has 28 heavy (non-hydrogen) atoms. The zero-order chi connectivity index (χ0) is 19.8. The summed E-state index contributed by atoms with van der Waals surface area (Å²) in [6.07, 6.45) is 0.0293. The minimum absolute atomic E-state index is 0.0293. The van der Waals surface area contributed by atoms with Gasteiger partial charge in [0.25, 0.3) is 5.91 Å². The summed E-state index contributed by atoms with van der Waals surface area (Å²) in [6, 6.07) is 15.0. The van der Waals surface area contributed by atoms with Crippen LogP contribution in [0, 0.1) is 20.8 Å². The second-order valence-electron chi connectivity index (χ2n) is 7.20. The smallest absolute Gasteiger partial charge is 0.251 e.